The van der Waals surface area contributed by atoms with Gasteiger partial charge in [0.05, 0.1) is 19.8 Å². The van der Waals surface area contributed by atoms with Crippen LogP contribution in [0.2, 0.25) is 0 Å². The average Bonchev–Trinajstić information content (AvgIpc) is 2.95. The summed E-state index contributed by atoms with van der Waals surface area (Å²) in [6.45, 7) is 4.63. The van der Waals surface area contributed by atoms with E-state index in [0.29, 0.717) is 18.8 Å². The van der Waals surface area contributed by atoms with Gasteiger partial charge in [0.15, 0.2) is 0 Å². The zero-order valence-corrected chi connectivity index (χ0v) is 12.3. The number of hydrogen-bond donors (Lipinski definition) is 2. The number of rotatable bonds is 2. The van der Waals surface area contributed by atoms with Gasteiger partial charge in [0.1, 0.15) is 5.60 Å². The lowest BCUT2D eigenvalue weighted by molar-refractivity contribution is -0.130. The summed E-state index contributed by atoms with van der Waals surface area (Å²) < 4.78 is 11.7. The van der Waals surface area contributed by atoms with Gasteiger partial charge >= 0.3 is 0 Å². The molecule has 2 N–H and O–H groups in total. The van der Waals surface area contributed by atoms with E-state index in [1.54, 1.807) is 6.08 Å². The van der Waals surface area contributed by atoms with Gasteiger partial charge in [-0.1, -0.05) is 30.3 Å². The van der Waals surface area contributed by atoms with Gasteiger partial charge in [0.25, 0.3) is 0 Å². The highest BCUT2D eigenvalue weighted by Gasteiger charge is 2.49. The summed E-state index contributed by atoms with van der Waals surface area (Å²) in [6.07, 6.45) is 3.47. The Labute approximate surface area is 124 Å². The number of aliphatic hydroxyl groups excluding tert-OH is 1. The SMILES string of the molecule is CC1=CC2(OCCO2)c2ccccc2[C@]1(O)/C(C)=C\CO. The van der Waals surface area contributed by atoms with Crippen LogP contribution in [-0.4, -0.2) is 30.0 Å². The average molecular weight is 288 g/mol. The van der Waals surface area contributed by atoms with Crippen molar-refractivity contribution in [3.63, 3.8) is 0 Å². The van der Waals surface area contributed by atoms with E-state index < -0.39 is 11.4 Å². The molecule has 1 saturated heterocycles. The van der Waals surface area contributed by atoms with Crippen molar-refractivity contribution in [2.24, 2.45) is 0 Å². The molecule has 0 aromatic heterocycles. The minimum absolute atomic E-state index is 0.109. The molecule has 1 spiro atoms. The third kappa shape index (κ3) is 1.99. The first-order chi connectivity index (χ1) is 10.0. The monoisotopic (exact) mass is 288 g/mol. The first-order valence-corrected chi connectivity index (χ1v) is 7.13. The Balaban J connectivity index is 2.24. The Morgan fingerprint density at radius 1 is 1.24 bits per heavy atom. The number of aliphatic hydroxyl groups is 2. The second kappa shape index (κ2) is 5.07. The summed E-state index contributed by atoms with van der Waals surface area (Å²) in [5.74, 6) is -0.896. The highest BCUT2D eigenvalue weighted by Crippen LogP contribution is 2.49. The summed E-state index contributed by atoms with van der Waals surface area (Å²) in [7, 11) is 0. The standard InChI is InChI=1S/C17H20O4/c1-12(7-8-18)17(19)13(2)11-16(20-9-10-21-16)14-5-3-4-6-15(14)17/h3-7,11,18-19H,8-10H2,1-2H3/b12-7-/t17-/m0/s1. The van der Waals surface area contributed by atoms with Crippen molar-refractivity contribution >= 4 is 0 Å². The minimum atomic E-state index is -1.24. The molecule has 1 fully saturated rings. The molecule has 1 aromatic carbocycles. The third-order valence-electron chi connectivity index (χ3n) is 4.35. The van der Waals surface area contributed by atoms with E-state index in [0.717, 1.165) is 16.7 Å². The normalized spacial score (nSPS) is 27.6. The first kappa shape index (κ1) is 14.5. The molecular formula is C17H20O4. The molecule has 0 radical (unpaired) electrons. The van der Waals surface area contributed by atoms with Gasteiger partial charge in [0, 0.05) is 11.1 Å². The summed E-state index contributed by atoms with van der Waals surface area (Å²) in [5, 5.41) is 20.4. The van der Waals surface area contributed by atoms with Gasteiger partial charge in [-0.3, -0.25) is 0 Å². The van der Waals surface area contributed by atoms with Crippen LogP contribution in [0.4, 0.5) is 0 Å². The van der Waals surface area contributed by atoms with E-state index in [4.69, 9.17) is 14.6 Å². The van der Waals surface area contributed by atoms with E-state index in [1.807, 2.05) is 44.2 Å². The Hall–Kier alpha value is -1.46. The lowest BCUT2D eigenvalue weighted by Gasteiger charge is -2.41. The van der Waals surface area contributed by atoms with Gasteiger partial charge in [-0.15, -0.1) is 0 Å². The van der Waals surface area contributed by atoms with Gasteiger partial charge in [-0.25, -0.2) is 0 Å². The first-order valence-electron chi connectivity index (χ1n) is 7.13. The molecule has 0 unspecified atom stereocenters. The smallest absolute Gasteiger partial charge is 0.216 e. The molecular weight excluding hydrogens is 268 g/mol. The highest BCUT2D eigenvalue weighted by molar-refractivity contribution is 5.53. The summed E-state index contributed by atoms with van der Waals surface area (Å²) in [4.78, 5) is 0. The van der Waals surface area contributed by atoms with Crippen molar-refractivity contribution in [2.45, 2.75) is 25.2 Å². The van der Waals surface area contributed by atoms with E-state index in [9.17, 15) is 5.11 Å². The van der Waals surface area contributed by atoms with E-state index >= 15 is 0 Å². The second-order valence-corrected chi connectivity index (χ2v) is 5.52. The van der Waals surface area contributed by atoms with Gasteiger partial charge in [0.2, 0.25) is 5.79 Å². The van der Waals surface area contributed by atoms with Crippen LogP contribution in [0.1, 0.15) is 25.0 Å². The molecule has 3 rings (SSSR count). The van der Waals surface area contributed by atoms with Crippen LogP contribution in [0.5, 0.6) is 0 Å². The zero-order valence-electron chi connectivity index (χ0n) is 12.3. The van der Waals surface area contributed by atoms with Crippen LogP contribution >= 0.6 is 0 Å². The number of ether oxygens (including phenoxy) is 2. The lowest BCUT2D eigenvalue weighted by Crippen LogP contribution is -2.40. The zero-order chi connectivity index (χ0) is 15.1. The second-order valence-electron chi connectivity index (χ2n) is 5.52. The summed E-state index contributed by atoms with van der Waals surface area (Å²) in [6, 6.07) is 7.59. The third-order valence-corrected chi connectivity index (χ3v) is 4.35. The number of benzene rings is 1. The van der Waals surface area contributed by atoms with E-state index in [2.05, 4.69) is 0 Å². The predicted octanol–water partition coefficient (Wildman–Crippen LogP) is 1.97. The molecule has 0 saturated carbocycles. The molecule has 1 aliphatic heterocycles. The van der Waals surface area contributed by atoms with E-state index in [-0.39, 0.29) is 6.61 Å². The van der Waals surface area contributed by atoms with Crippen LogP contribution in [0, 0.1) is 0 Å². The van der Waals surface area contributed by atoms with Crippen molar-refractivity contribution in [1.29, 1.82) is 0 Å². The number of hydrogen-bond acceptors (Lipinski definition) is 4. The lowest BCUT2D eigenvalue weighted by atomic mass is 9.72. The predicted molar refractivity (Wildman–Crippen MR) is 78.5 cm³/mol. The van der Waals surface area contributed by atoms with Crippen molar-refractivity contribution < 1.29 is 19.7 Å². The molecule has 0 bridgehead atoms. The molecule has 2 aliphatic rings. The van der Waals surface area contributed by atoms with Crippen LogP contribution in [0.3, 0.4) is 0 Å². The van der Waals surface area contributed by atoms with Crippen molar-refractivity contribution in [3.05, 3.63) is 58.7 Å². The van der Waals surface area contributed by atoms with Crippen molar-refractivity contribution in [3.8, 4) is 0 Å². The molecule has 1 heterocycles. The molecule has 4 heteroatoms. The topological polar surface area (TPSA) is 58.9 Å². The van der Waals surface area contributed by atoms with Gasteiger partial charge < -0.3 is 19.7 Å². The fourth-order valence-electron chi connectivity index (χ4n) is 3.26. The fourth-order valence-corrected chi connectivity index (χ4v) is 3.26. The molecule has 4 nitrogen and oxygen atoms in total. The molecule has 112 valence electrons. The minimum Gasteiger partial charge on any atom is -0.392 e. The van der Waals surface area contributed by atoms with Gasteiger partial charge in [-0.05, 0) is 31.1 Å². The molecule has 1 atom stereocenters. The van der Waals surface area contributed by atoms with Crippen molar-refractivity contribution in [1.82, 2.24) is 0 Å². The molecule has 1 aliphatic carbocycles. The van der Waals surface area contributed by atoms with Crippen LogP contribution in [-0.2, 0) is 20.9 Å². The quantitative estimate of drug-likeness (QED) is 0.817. The maximum absolute atomic E-state index is 11.3. The summed E-state index contributed by atoms with van der Waals surface area (Å²) >= 11 is 0. The Morgan fingerprint density at radius 2 is 1.86 bits per heavy atom. The summed E-state index contributed by atoms with van der Waals surface area (Å²) in [5.41, 5.74) is 1.76. The largest absolute Gasteiger partial charge is 0.392 e. The molecule has 0 amide bonds. The van der Waals surface area contributed by atoms with Crippen LogP contribution in [0.25, 0.3) is 0 Å². The Kier molecular flexibility index (Phi) is 3.50. The maximum atomic E-state index is 11.3. The highest BCUT2D eigenvalue weighted by atomic mass is 16.7. The van der Waals surface area contributed by atoms with Crippen LogP contribution < -0.4 is 0 Å². The van der Waals surface area contributed by atoms with Crippen molar-refractivity contribution in [2.75, 3.05) is 19.8 Å². The van der Waals surface area contributed by atoms with E-state index in [1.165, 1.54) is 0 Å². The maximum Gasteiger partial charge on any atom is 0.216 e. The number of fused-ring (bicyclic) bond motifs is 2. The fraction of sp³-hybridized carbons (Fsp3) is 0.412. The molecule has 1 aromatic rings. The van der Waals surface area contributed by atoms with Crippen LogP contribution in [0.15, 0.2) is 47.6 Å². The molecule has 21 heavy (non-hydrogen) atoms. The Morgan fingerprint density at radius 3 is 2.48 bits per heavy atom. The van der Waals surface area contributed by atoms with Gasteiger partial charge in [-0.2, -0.15) is 0 Å². The Bertz CT molecular complexity index is 611.